The molecule has 0 saturated heterocycles. The van der Waals surface area contributed by atoms with Gasteiger partial charge in [0.1, 0.15) is 0 Å². The van der Waals surface area contributed by atoms with Crippen molar-refractivity contribution in [2.45, 2.75) is 0 Å². The van der Waals surface area contributed by atoms with E-state index in [1.165, 1.54) is 7.11 Å². The molecule has 0 aliphatic carbocycles. The second-order valence-electron chi connectivity index (χ2n) is 1.12. The van der Waals surface area contributed by atoms with Crippen LogP contribution in [0.1, 0.15) is 0 Å². The molecule has 0 N–H and O–H groups in total. The molecule has 5 heteroatoms. The van der Waals surface area contributed by atoms with E-state index in [1.54, 1.807) is 0 Å². The van der Waals surface area contributed by atoms with E-state index in [-0.39, 0.29) is 5.75 Å². The largest absolute Gasteiger partial charge is 0.273 e. The predicted molar refractivity (Wildman–Crippen MR) is 39.7 cm³/mol. The third kappa shape index (κ3) is 3.62. The Balaban J connectivity index is 3.76. The lowest BCUT2D eigenvalue weighted by molar-refractivity contribution is 0.399. The predicted octanol–water partition coefficient (Wildman–Crippen LogP) is 0.398. The van der Waals surface area contributed by atoms with E-state index < -0.39 is 10.1 Å². The number of hydrogen-bond donors (Lipinski definition) is 0. The summed E-state index contributed by atoms with van der Waals surface area (Å²) in [6.45, 7) is 0. The third-order valence-electron chi connectivity index (χ3n) is 0.581. The Labute approximate surface area is 62.7 Å². The van der Waals surface area contributed by atoms with E-state index in [4.69, 9.17) is 0 Å². The summed E-state index contributed by atoms with van der Waals surface area (Å²) in [7, 11) is -2.01. The average molecular weight is 250 g/mol. The standard InChI is InChI=1S/C3H7IO3S/c1-7-8(5,6)3-2-4/h2-3H2,1H3. The molecule has 3 nitrogen and oxygen atoms in total. The minimum Gasteiger partial charge on any atom is -0.273 e. The molecule has 0 unspecified atom stereocenters. The molecule has 0 aliphatic heterocycles. The molecule has 0 spiro atoms. The maximum atomic E-state index is 10.4. The molecule has 0 aromatic rings. The van der Waals surface area contributed by atoms with Crippen molar-refractivity contribution in [1.29, 1.82) is 0 Å². The molecule has 8 heavy (non-hydrogen) atoms. The molecule has 50 valence electrons. The fourth-order valence-corrected chi connectivity index (χ4v) is 2.15. The van der Waals surface area contributed by atoms with Crippen LogP contribution in [-0.2, 0) is 14.3 Å². The van der Waals surface area contributed by atoms with Gasteiger partial charge in [0.15, 0.2) is 0 Å². The summed E-state index contributed by atoms with van der Waals surface area (Å²) in [5, 5.41) is 0. The summed E-state index contributed by atoms with van der Waals surface area (Å²) < 4.78 is 25.5. The van der Waals surface area contributed by atoms with Crippen LogP contribution < -0.4 is 0 Å². The molecule has 0 atom stereocenters. The van der Waals surface area contributed by atoms with Crippen LogP contribution in [0.25, 0.3) is 0 Å². The zero-order valence-electron chi connectivity index (χ0n) is 4.43. The maximum absolute atomic E-state index is 10.4. The van der Waals surface area contributed by atoms with Crippen LogP contribution >= 0.6 is 22.6 Å². The highest BCUT2D eigenvalue weighted by Crippen LogP contribution is 1.92. The van der Waals surface area contributed by atoms with Crippen LogP contribution in [0, 0.1) is 0 Å². The summed E-state index contributed by atoms with van der Waals surface area (Å²) in [5.74, 6) is 0.101. The van der Waals surface area contributed by atoms with Gasteiger partial charge in [-0.2, -0.15) is 8.42 Å². The average Bonchev–Trinajstić information content (AvgIpc) is 1.67. The Morgan fingerprint density at radius 1 is 1.62 bits per heavy atom. The van der Waals surface area contributed by atoms with Crippen LogP contribution in [0.4, 0.5) is 0 Å². The molecular weight excluding hydrogens is 243 g/mol. The molecule has 0 fully saturated rings. The topological polar surface area (TPSA) is 43.4 Å². The molecule has 0 saturated carbocycles. The first-order valence-electron chi connectivity index (χ1n) is 1.96. The minimum atomic E-state index is -3.18. The molecule has 0 aromatic heterocycles. The monoisotopic (exact) mass is 250 g/mol. The van der Waals surface area contributed by atoms with Crippen molar-refractivity contribution >= 4 is 32.7 Å². The molecule has 0 aromatic carbocycles. The molecule has 0 amide bonds. The number of rotatable bonds is 3. The van der Waals surface area contributed by atoms with Crippen LogP contribution in [0.15, 0.2) is 0 Å². The lowest BCUT2D eigenvalue weighted by Crippen LogP contribution is -2.07. The van der Waals surface area contributed by atoms with E-state index in [2.05, 4.69) is 4.18 Å². The van der Waals surface area contributed by atoms with Crippen molar-refractivity contribution in [2.75, 3.05) is 17.3 Å². The number of halogens is 1. The van der Waals surface area contributed by atoms with E-state index in [9.17, 15) is 8.42 Å². The normalized spacial score (nSPS) is 11.8. The van der Waals surface area contributed by atoms with Gasteiger partial charge >= 0.3 is 0 Å². The molecule has 0 heterocycles. The van der Waals surface area contributed by atoms with Gasteiger partial charge in [0.2, 0.25) is 0 Å². The zero-order chi connectivity index (χ0) is 6.62. The van der Waals surface area contributed by atoms with Gasteiger partial charge in [-0.25, -0.2) is 0 Å². The van der Waals surface area contributed by atoms with Crippen LogP contribution in [0.2, 0.25) is 0 Å². The Morgan fingerprint density at radius 2 is 2.12 bits per heavy atom. The van der Waals surface area contributed by atoms with Gasteiger partial charge in [0, 0.05) is 4.43 Å². The molecule has 0 aliphatic rings. The van der Waals surface area contributed by atoms with Gasteiger partial charge in [0.25, 0.3) is 10.1 Å². The quantitative estimate of drug-likeness (QED) is 0.413. The number of alkyl halides is 1. The van der Waals surface area contributed by atoms with Crippen molar-refractivity contribution in [3.8, 4) is 0 Å². The summed E-state index contributed by atoms with van der Waals surface area (Å²) >= 11 is 1.98. The molecule has 0 bridgehead atoms. The fourth-order valence-electron chi connectivity index (χ4n) is 0.178. The van der Waals surface area contributed by atoms with E-state index in [0.29, 0.717) is 4.43 Å². The Bertz CT molecular complexity index is 139. The molecule has 0 radical (unpaired) electrons. The highest BCUT2D eigenvalue weighted by atomic mass is 127. The Morgan fingerprint density at radius 3 is 2.25 bits per heavy atom. The first kappa shape index (κ1) is 8.64. The van der Waals surface area contributed by atoms with Crippen molar-refractivity contribution < 1.29 is 12.6 Å². The van der Waals surface area contributed by atoms with Gasteiger partial charge in [-0.3, -0.25) is 4.18 Å². The minimum absolute atomic E-state index is 0.101. The first-order chi connectivity index (χ1) is 3.62. The van der Waals surface area contributed by atoms with Gasteiger partial charge in [-0.15, -0.1) is 0 Å². The molecular formula is C3H7IO3S. The van der Waals surface area contributed by atoms with Gasteiger partial charge in [-0.05, 0) is 0 Å². The third-order valence-corrected chi connectivity index (χ3v) is 3.06. The lowest BCUT2D eigenvalue weighted by Gasteiger charge is -1.93. The van der Waals surface area contributed by atoms with Gasteiger partial charge < -0.3 is 0 Å². The Hall–Kier alpha value is 0.640. The summed E-state index contributed by atoms with van der Waals surface area (Å²) in [6.07, 6.45) is 0. The number of hydrogen-bond acceptors (Lipinski definition) is 3. The van der Waals surface area contributed by atoms with Crippen LogP contribution in [-0.4, -0.2) is 25.7 Å². The van der Waals surface area contributed by atoms with Crippen molar-refractivity contribution in [1.82, 2.24) is 0 Å². The highest BCUT2D eigenvalue weighted by Gasteiger charge is 2.04. The molecule has 0 rings (SSSR count). The van der Waals surface area contributed by atoms with Crippen molar-refractivity contribution in [2.24, 2.45) is 0 Å². The van der Waals surface area contributed by atoms with Gasteiger partial charge in [0.05, 0.1) is 12.9 Å². The van der Waals surface area contributed by atoms with Gasteiger partial charge in [-0.1, -0.05) is 22.6 Å². The zero-order valence-corrected chi connectivity index (χ0v) is 7.40. The second-order valence-corrected chi connectivity index (χ2v) is 4.05. The first-order valence-corrected chi connectivity index (χ1v) is 5.07. The smallest absolute Gasteiger partial charge is 0.267 e. The summed E-state index contributed by atoms with van der Waals surface area (Å²) in [6, 6.07) is 0. The SMILES string of the molecule is COS(=O)(=O)CCI. The van der Waals surface area contributed by atoms with Crippen LogP contribution in [0.5, 0.6) is 0 Å². The maximum Gasteiger partial charge on any atom is 0.267 e. The van der Waals surface area contributed by atoms with Crippen LogP contribution in [0.3, 0.4) is 0 Å². The summed E-state index contributed by atoms with van der Waals surface area (Å²) in [4.78, 5) is 0. The van der Waals surface area contributed by atoms with Crippen molar-refractivity contribution in [3.63, 3.8) is 0 Å². The lowest BCUT2D eigenvalue weighted by atomic mass is 11.0. The highest BCUT2D eigenvalue weighted by molar-refractivity contribution is 14.1. The Kier molecular flexibility index (Phi) is 3.91. The van der Waals surface area contributed by atoms with E-state index >= 15 is 0 Å². The second kappa shape index (κ2) is 3.62. The fraction of sp³-hybridized carbons (Fsp3) is 1.00. The summed E-state index contributed by atoms with van der Waals surface area (Å²) in [5.41, 5.74) is 0. The van der Waals surface area contributed by atoms with E-state index in [1.807, 2.05) is 22.6 Å². The van der Waals surface area contributed by atoms with E-state index in [0.717, 1.165) is 0 Å². The van der Waals surface area contributed by atoms with Crippen molar-refractivity contribution in [3.05, 3.63) is 0 Å².